The Balaban J connectivity index is 1.74. The summed E-state index contributed by atoms with van der Waals surface area (Å²) in [4.78, 5) is 29.3. The van der Waals surface area contributed by atoms with E-state index in [1.165, 1.54) is 12.3 Å². The molecule has 2 aromatic rings. The van der Waals surface area contributed by atoms with Crippen LogP contribution in [0.2, 0.25) is 0 Å². The third-order valence-electron chi connectivity index (χ3n) is 4.75. The van der Waals surface area contributed by atoms with Gasteiger partial charge in [-0.2, -0.15) is 0 Å². The summed E-state index contributed by atoms with van der Waals surface area (Å²) >= 11 is 0. The summed E-state index contributed by atoms with van der Waals surface area (Å²) < 4.78 is 16.2. The number of aryl methyl sites for hydroxylation is 1. The van der Waals surface area contributed by atoms with Crippen molar-refractivity contribution in [1.82, 2.24) is 9.88 Å². The SMILES string of the molecule is COc1ccc(C2CCCN2C(=O)COc2c[nH]c(C)cc2=O)c(OC)c1. The molecule has 7 nitrogen and oxygen atoms in total. The molecule has 0 saturated carbocycles. The highest BCUT2D eigenvalue weighted by molar-refractivity contribution is 5.78. The van der Waals surface area contributed by atoms with Crippen LogP contribution in [0.3, 0.4) is 0 Å². The molecule has 1 aromatic carbocycles. The van der Waals surface area contributed by atoms with Crippen LogP contribution in [0.5, 0.6) is 17.2 Å². The molecular weight excluding hydrogens is 348 g/mol. The predicted octanol–water partition coefficient (Wildman–Crippen LogP) is 2.44. The van der Waals surface area contributed by atoms with Gasteiger partial charge in [-0.3, -0.25) is 9.59 Å². The molecule has 1 aliphatic rings. The normalized spacial score (nSPS) is 16.3. The molecule has 7 heteroatoms. The number of rotatable bonds is 6. The van der Waals surface area contributed by atoms with Crippen LogP contribution in [0, 0.1) is 6.92 Å². The van der Waals surface area contributed by atoms with Gasteiger partial charge in [-0.05, 0) is 31.9 Å². The zero-order valence-corrected chi connectivity index (χ0v) is 15.8. The lowest BCUT2D eigenvalue weighted by atomic mass is 10.0. The molecule has 1 amide bonds. The molecule has 1 unspecified atom stereocenters. The van der Waals surface area contributed by atoms with E-state index in [1.807, 2.05) is 18.2 Å². The number of hydrogen-bond acceptors (Lipinski definition) is 5. The minimum absolute atomic E-state index is 0.0849. The quantitative estimate of drug-likeness (QED) is 0.842. The van der Waals surface area contributed by atoms with Gasteiger partial charge in [-0.25, -0.2) is 0 Å². The number of methoxy groups -OCH3 is 2. The second-order valence-corrected chi connectivity index (χ2v) is 6.49. The van der Waals surface area contributed by atoms with Crippen LogP contribution in [0.25, 0.3) is 0 Å². The van der Waals surface area contributed by atoms with Crippen LogP contribution in [-0.4, -0.2) is 43.2 Å². The zero-order valence-electron chi connectivity index (χ0n) is 15.8. The Hall–Kier alpha value is -2.96. The summed E-state index contributed by atoms with van der Waals surface area (Å²) in [5.74, 6) is 1.38. The Morgan fingerprint density at radius 3 is 2.74 bits per heavy atom. The number of nitrogens with one attached hydrogen (secondary N) is 1. The molecule has 0 spiro atoms. The first-order valence-electron chi connectivity index (χ1n) is 8.87. The minimum atomic E-state index is -0.242. The molecule has 27 heavy (non-hydrogen) atoms. The van der Waals surface area contributed by atoms with Crippen LogP contribution in [0.4, 0.5) is 0 Å². The van der Waals surface area contributed by atoms with Crippen LogP contribution < -0.4 is 19.6 Å². The van der Waals surface area contributed by atoms with E-state index >= 15 is 0 Å². The number of aromatic amines is 1. The summed E-state index contributed by atoms with van der Waals surface area (Å²) in [7, 11) is 3.20. The van der Waals surface area contributed by atoms with Gasteiger partial charge in [0.1, 0.15) is 11.5 Å². The molecule has 1 atom stereocenters. The van der Waals surface area contributed by atoms with Crippen molar-refractivity contribution in [2.24, 2.45) is 0 Å². The highest BCUT2D eigenvalue weighted by atomic mass is 16.5. The average molecular weight is 372 g/mol. The van der Waals surface area contributed by atoms with Crippen molar-refractivity contribution in [3.63, 3.8) is 0 Å². The molecule has 0 aliphatic carbocycles. The summed E-state index contributed by atoms with van der Waals surface area (Å²) in [6.45, 7) is 2.25. The van der Waals surface area contributed by atoms with Gasteiger partial charge in [0, 0.05) is 36.1 Å². The van der Waals surface area contributed by atoms with E-state index in [2.05, 4.69) is 4.98 Å². The van der Waals surface area contributed by atoms with Crippen molar-refractivity contribution in [2.75, 3.05) is 27.4 Å². The summed E-state index contributed by atoms with van der Waals surface area (Å²) in [5, 5.41) is 0. The van der Waals surface area contributed by atoms with Gasteiger partial charge in [0.25, 0.3) is 5.91 Å². The fraction of sp³-hybridized carbons (Fsp3) is 0.400. The highest BCUT2D eigenvalue weighted by Crippen LogP contribution is 2.38. The number of H-pyrrole nitrogens is 1. The number of amides is 1. The van der Waals surface area contributed by atoms with Crippen molar-refractivity contribution in [2.45, 2.75) is 25.8 Å². The third-order valence-corrected chi connectivity index (χ3v) is 4.75. The van der Waals surface area contributed by atoms with Crippen molar-refractivity contribution >= 4 is 5.91 Å². The molecule has 1 aliphatic heterocycles. The number of aromatic nitrogens is 1. The first-order valence-corrected chi connectivity index (χ1v) is 8.87. The Kier molecular flexibility index (Phi) is 5.69. The minimum Gasteiger partial charge on any atom is -0.497 e. The van der Waals surface area contributed by atoms with Gasteiger partial charge in [-0.15, -0.1) is 0 Å². The molecule has 2 heterocycles. The number of ether oxygens (including phenoxy) is 3. The first-order chi connectivity index (χ1) is 13.0. The lowest BCUT2D eigenvalue weighted by Crippen LogP contribution is -2.35. The Labute approximate surface area is 157 Å². The van der Waals surface area contributed by atoms with Crippen molar-refractivity contribution in [1.29, 1.82) is 0 Å². The number of nitrogens with zero attached hydrogens (tertiary/aromatic N) is 1. The lowest BCUT2D eigenvalue weighted by molar-refractivity contribution is -0.134. The molecule has 0 radical (unpaired) electrons. The number of hydrogen-bond donors (Lipinski definition) is 1. The van der Waals surface area contributed by atoms with Crippen LogP contribution in [0.15, 0.2) is 35.3 Å². The van der Waals surface area contributed by atoms with E-state index in [1.54, 1.807) is 26.0 Å². The fourth-order valence-corrected chi connectivity index (χ4v) is 3.38. The maximum Gasteiger partial charge on any atom is 0.261 e. The van der Waals surface area contributed by atoms with Crippen LogP contribution in [0.1, 0.15) is 30.1 Å². The van der Waals surface area contributed by atoms with Gasteiger partial charge in [0.05, 0.1) is 20.3 Å². The lowest BCUT2D eigenvalue weighted by Gasteiger charge is -2.26. The maximum absolute atomic E-state index is 12.7. The highest BCUT2D eigenvalue weighted by Gasteiger charge is 2.32. The van der Waals surface area contributed by atoms with Crippen molar-refractivity contribution < 1.29 is 19.0 Å². The van der Waals surface area contributed by atoms with E-state index in [0.717, 1.165) is 24.1 Å². The van der Waals surface area contributed by atoms with Gasteiger partial charge >= 0.3 is 0 Å². The van der Waals surface area contributed by atoms with Gasteiger partial charge in [-0.1, -0.05) is 0 Å². The number of carbonyl (C=O) groups is 1. The van der Waals surface area contributed by atoms with Crippen LogP contribution in [-0.2, 0) is 4.79 Å². The summed E-state index contributed by atoms with van der Waals surface area (Å²) in [5.41, 5.74) is 1.44. The monoisotopic (exact) mass is 372 g/mol. The smallest absolute Gasteiger partial charge is 0.261 e. The molecule has 1 N–H and O–H groups in total. The Morgan fingerprint density at radius 2 is 2.04 bits per heavy atom. The van der Waals surface area contributed by atoms with E-state index in [0.29, 0.717) is 18.0 Å². The van der Waals surface area contributed by atoms with E-state index < -0.39 is 0 Å². The topological polar surface area (TPSA) is 80.9 Å². The predicted molar refractivity (Wildman–Crippen MR) is 101 cm³/mol. The van der Waals surface area contributed by atoms with Crippen LogP contribution >= 0.6 is 0 Å². The molecule has 144 valence electrons. The number of benzene rings is 1. The van der Waals surface area contributed by atoms with Crippen molar-refractivity contribution in [3.05, 3.63) is 51.9 Å². The van der Waals surface area contributed by atoms with E-state index in [4.69, 9.17) is 14.2 Å². The number of carbonyl (C=O) groups excluding carboxylic acids is 1. The van der Waals surface area contributed by atoms with E-state index in [9.17, 15) is 9.59 Å². The second-order valence-electron chi connectivity index (χ2n) is 6.49. The number of likely N-dealkylation sites (tertiary alicyclic amines) is 1. The summed E-state index contributed by atoms with van der Waals surface area (Å²) in [6, 6.07) is 6.97. The Bertz CT molecular complexity index is 877. The van der Waals surface area contributed by atoms with Crippen molar-refractivity contribution in [3.8, 4) is 17.2 Å². The second kappa shape index (κ2) is 8.16. The van der Waals surface area contributed by atoms with Gasteiger partial charge in [0.2, 0.25) is 5.43 Å². The number of pyridine rings is 1. The van der Waals surface area contributed by atoms with Gasteiger partial charge < -0.3 is 24.1 Å². The average Bonchev–Trinajstić information content (AvgIpc) is 3.16. The standard InChI is InChI=1S/C20H24N2O5/c1-13-9-17(23)19(11-21-13)27-12-20(24)22-8-4-5-16(22)15-7-6-14(25-2)10-18(15)26-3/h6-7,9-11,16H,4-5,8,12H2,1-3H3,(H,21,23). The molecule has 0 bridgehead atoms. The molecule has 1 saturated heterocycles. The maximum atomic E-state index is 12.7. The fourth-order valence-electron chi connectivity index (χ4n) is 3.38. The molecule has 1 aromatic heterocycles. The van der Waals surface area contributed by atoms with E-state index in [-0.39, 0.29) is 29.7 Å². The van der Waals surface area contributed by atoms with Gasteiger partial charge in [0.15, 0.2) is 12.4 Å². The molecular formula is C20H24N2O5. The molecule has 3 rings (SSSR count). The third kappa shape index (κ3) is 4.07. The summed E-state index contributed by atoms with van der Waals surface area (Å²) in [6.07, 6.45) is 3.23. The molecule has 1 fully saturated rings. The zero-order chi connectivity index (χ0) is 19.4. The Morgan fingerprint density at radius 1 is 1.22 bits per heavy atom. The first kappa shape index (κ1) is 18.8. The largest absolute Gasteiger partial charge is 0.497 e.